The van der Waals surface area contributed by atoms with Crippen LogP contribution in [0.15, 0.2) is 18.2 Å². The third-order valence-corrected chi connectivity index (χ3v) is 3.54. The number of carboxylic acid groups (broad SMARTS) is 1. The molecule has 0 spiro atoms. The zero-order valence-electron chi connectivity index (χ0n) is 12.3. The van der Waals surface area contributed by atoms with E-state index < -0.39 is 30.6 Å². The van der Waals surface area contributed by atoms with Crippen molar-refractivity contribution in [1.82, 2.24) is 4.90 Å². The topological polar surface area (TPSA) is 104 Å². The van der Waals surface area contributed by atoms with Gasteiger partial charge in [0, 0.05) is 26.3 Å². The van der Waals surface area contributed by atoms with E-state index in [0.717, 1.165) is 0 Å². The maximum absolute atomic E-state index is 11.8. The first-order valence-corrected chi connectivity index (χ1v) is 6.75. The molecule has 1 aliphatic heterocycles. The number of amides is 1. The smallest absolute Gasteiger partial charge is 0.526 e. The van der Waals surface area contributed by atoms with Crippen molar-refractivity contribution in [3.8, 4) is 5.75 Å². The molecular formula is C14H16BNO6. The number of benzene rings is 1. The number of rotatable bonds is 4. The molecule has 1 aromatic rings. The van der Waals surface area contributed by atoms with Crippen LogP contribution >= 0.6 is 0 Å². The van der Waals surface area contributed by atoms with Crippen molar-refractivity contribution >= 4 is 24.8 Å². The van der Waals surface area contributed by atoms with Gasteiger partial charge < -0.3 is 19.7 Å². The van der Waals surface area contributed by atoms with Gasteiger partial charge in [-0.1, -0.05) is 12.1 Å². The molecule has 22 heavy (non-hydrogen) atoms. The van der Waals surface area contributed by atoms with E-state index in [4.69, 9.17) is 9.76 Å². The Hall–Kier alpha value is -2.35. The summed E-state index contributed by atoms with van der Waals surface area (Å²) in [5.74, 6) is -2.88. The van der Waals surface area contributed by atoms with Crippen LogP contribution in [0.5, 0.6) is 5.75 Å². The molecule has 0 unspecified atom stereocenters. The second kappa shape index (κ2) is 6.19. The van der Waals surface area contributed by atoms with E-state index in [-0.39, 0.29) is 24.2 Å². The van der Waals surface area contributed by atoms with Gasteiger partial charge >= 0.3 is 13.1 Å². The second-order valence-corrected chi connectivity index (χ2v) is 5.40. The van der Waals surface area contributed by atoms with Gasteiger partial charge in [0.05, 0.1) is 5.56 Å². The van der Waals surface area contributed by atoms with Crippen molar-refractivity contribution in [2.45, 2.75) is 18.7 Å². The maximum Gasteiger partial charge on any atom is 0.526 e. The average Bonchev–Trinajstić information content (AvgIpc) is 2.46. The number of aromatic carboxylic acids is 1. The Morgan fingerprint density at radius 1 is 1.36 bits per heavy atom. The fourth-order valence-electron chi connectivity index (χ4n) is 2.40. The van der Waals surface area contributed by atoms with E-state index >= 15 is 0 Å². The van der Waals surface area contributed by atoms with E-state index in [1.54, 1.807) is 12.1 Å². The highest BCUT2D eigenvalue weighted by molar-refractivity contribution is 6.48. The van der Waals surface area contributed by atoms with E-state index in [0.29, 0.717) is 5.56 Å². The number of carbonyl (C=O) groups excluding carboxylic acids is 2. The molecule has 1 atom stereocenters. The van der Waals surface area contributed by atoms with Crippen LogP contribution in [-0.4, -0.2) is 53.9 Å². The largest absolute Gasteiger partial charge is 0.535 e. The van der Waals surface area contributed by atoms with Crippen LogP contribution in [0.3, 0.4) is 0 Å². The molecule has 0 aromatic heterocycles. The van der Waals surface area contributed by atoms with Gasteiger partial charge in [-0.25, -0.2) is 4.79 Å². The van der Waals surface area contributed by atoms with Gasteiger partial charge in [0.2, 0.25) is 5.78 Å². The van der Waals surface area contributed by atoms with Crippen molar-refractivity contribution in [3.63, 3.8) is 0 Å². The van der Waals surface area contributed by atoms with E-state index in [1.807, 2.05) is 0 Å². The van der Waals surface area contributed by atoms with Crippen LogP contribution < -0.4 is 4.65 Å². The lowest BCUT2D eigenvalue weighted by atomic mass is 9.64. The molecule has 2 rings (SSSR count). The normalized spacial score (nSPS) is 16.5. The molecule has 116 valence electrons. The van der Waals surface area contributed by atoms with Gasteiger partial charge in [-0.3, -0.25) is 9.59 Å². The third kappa shape index (κ3) is 3.11. The van der Waals surface area contributed by atoms with Crippen LogP contribution in [-0.2, 0) is 16.0 Å². The number of carbonyl (C=O) groups is 3. The molecule has 7 nitrogen and oxygen atoms in total. The highest BCUT2D eigenvalue weighted by Gasteiger charge is 2.38. The summed E-state index contributed by atoms with van der Waals surface area (Å²) in [5.41, 5.74) is 0.561. The van der Waals surface area contributed by atoms with Gasteiger partial charge in [-0.15, -0.1) is 0 Å². The van der Waals surface area contributed by atoms with Crippen molar-refractivity contribution in [3.05, 3.63) is 29.3 Å². The monoisotopic (exact) mass is 305 g/mol. The van der Waals surface area contributed by atoms with E-state index in [1.165, 1.54) is 25.1 Å². The molecule has 1 aromatic carbocycles. The van der Waals surface area contributed by atoms with Crippen molar-refractivity contribution in [2.75, 3.05) is 14.1 Å². The predicted molar refractivity (Wildman–Crippen MR) is 77.8 cm³/mol. The van der Waals surface area contributed by atoms with E-state index in [2.05, 4.69) is 0 Å². The molecule has 0 fully saturated rings. The lowest BCUT2D eigenvalue weighted by molar-refractivity contribution is -0.143. The molecule has 0 aliphatic carbocycles. The highest BCUT2D eigenvalue weighted by Crippen LogP contribution is 2.36. The number of likely N-dealkylation sites (N-methyl/N-ethyl adjacent to an activating group) is 1. The molecular weight excluding hydrogens is 289 g/mol. The van der Waals surface area contributed by atoms with Gasteiger partial charge in [0.25, 0.3) is 5.91 Å². The number of para-hydroxylation sites is 1. The number of ketones is 1. The standard InChI is InChI=1S/C14H16BNO6/c1-16(2)13(18)11(17)7-9-6-8-4-3-5-10(14(19)20)12(8)22-15(9)21/h3-5,9,21H,6-7H2,1-2H3,(H,19,20)/t9-/m1/s1. The minimum Gasteiger partial charge on any atom is -0.535 e. The summed E-state index contributed by atoms with van der Waals surface area (Å²) < 4.78 is 5.28. The summed E-state index contributed by atoms with van der Waals surface area (Å²) in [5, 5.41) is 19.1. The molecule has 1 amide bonds. The van der Waals surface area contributed by atoms with Crippen molar-refractivity contribution in [2.24, 2.45) is 0 Å². The van der Waals surface area contributed by atoms with Gasteiger partial charge in [-0.05, 0) is 18.1 Å². The number of hydrogen-bond donors (Lipinski definition) is 2. The molecule has 0 bridgehead atoms. The van der Waals surface area contributed by atoms with Crippen LogP contribution in [0.25, 0.3) is 0 Å². The number of Topliss-reactive ketones (excluding diaryl/α,β-unsaturated/α-hetero) is 1. The lowest BCUT2D eigenvalue weighted by Crippen LogP contribution is -2.38. The quantitative estimate of drug-likeness (QED) is 0.609. The fraction of sp³-hybridized carbons (Fsp3) is 0.357. The SMILES string of the molecule is CN(C)C(=O)C(=O)C[C@H]1Cc2cccc(C(=O)O)c2OB1O. The minimum atomic E-state index is -1.33. The summed E-state index contributed by atoms with van der Waals surface area (Å²) in [6, 6.07) is 4.64. The molecule has 1 heterocycles. The van der Waals surface area contributed by atoms with Crippen molar-refractivity contribution < 1.29 is 29.2 Å². The molecule has 0 saturated carbocycles. The number of hydrogen-bond acceptors (Lipinski definition) is 5. The molecule has 8 heteroatoms. The van der Waals surface area contributed by atoms with Crippen molar-refractivity contribution in [1.29, 1.82) is 0 Å². The number of carboxylic acids is 1. The average molecular weight is 305 g/mol. The zero-order valence-corrected chi connectivity index (χ0v) is 12.3. The lowest BCUT2D eigenvalue weighted by Gasteiger charge is -2.28. The van der Waals surface area contributed by atoms with Gasteiger partial charge in [0.1, 0.15) is 5.75 Å². The van der Waals surface area contributed by atoms with Crippen LogP contribution in [0.2, 0.25) is 5.82 Å². The number of fused-ring (bicyclic) bond motifs is 1. The summed E-state index contributed by atoms with van der Waals surface area (Å²) in [6.45, 7) is 0. The first kappa shape index (κ1) is 16.0. The first-order valence-electron chi connectivity index (χ1n) is 6.75. The predicted octanol–water partition coefficient (Wildman–Crippen LogP) is 0.218. The Labute approximate surface area is 127 Å². The fourth-order valence-corrected chi connectivity index (χ4v) is 2.40. The second-order valence-electron chi connectivity index (χ2n) is 5.40. The summed E-state index contributed by atoms with van der Waals surface area (Å²) in [4.78, 5) is 35.7. The maximum atomic E-state index is 11.8. The summed E-state index contributed by atoms with van der Waals surface area (Å²) in [7, 11) is 1.62. The van der Waals surface area contributed by atoms with Crippen LogP contribution in [0.1, 0.15) is 22.3 Å². The van der Waals surface area contributed by atoms with Crippen LogP contribution in [0, 0.1) is 0 Å². The Bertz CT molecular complexity index is 630. The Morgan fingerprint density at radius 3 is 2.64 bits per heavy atom. The molecule has 0 radical (unpaired) electrons. The van der Waals surface area contributed by atoms with Crippen LogP contribution in [0.4, 0.5) is 0 Å². The Kier molecular flexibility index (Phi) is 4.51. The third-order valence-electron chi connectivity index (χ3n) is 3.54. The van der Waals surface area contributed by atoms with Gasteiger partial charge in [0.15, 0.2) is 0 Å². The summed E-state index contributed by atoms with van der Waals surface area (Å²) >= 11 is 0. The molecule has 2 N–H and O–H groups in total. The molecule has 1 aliphatic rings. The summed E-state index contributed by atoms with van der Waals surface area (Å²) in [6.07, 6.45) is 0.110. The first-order chi connectivity index (χ1) is 10.3. The van der Waals surface area contributed by atoms with Gasteiger partial charge in [-0.2, -0.15) is 0 Å². The molecule has 0 saturated heterocycles. The Morgan fingerprint density at radius 2 is 2.05 bits per heavy atom. The van der Waals surface area contributed by atoms with E-state index in [9.17, 15) is 19.4 Å². The highest BCUT2D eigenvalue weighted by atomic mass is 16.5. The number of nitrogens with zero attached hydrogens (tertiary/aromatic N) is 1. The zero-order chi connectivity index (χ0) is 16.4. The Balaban J connectivity index is 2.19. The minimum absolute atomic E-state index is 0.0364.